The first-order valence-electron chi connectivity index (χ1n) is 19.4. The number of allylic oxidation sites excluding steroid dienone is 13. The minimum absolute atomic E-state index is 0.0160. The molecule has 1 amide bonds. The fourth-order valence-electron chi connectivity index (χ4n) is 4.71. The molecule has 0 saturated carbocycles. The molecule has 0 aromatic rings. The van der Waals surface area contributed by atoms with E-state index in [1.165, 1.54) is 6.42 Å². The number of phosphoric ester groups is 1. The molecule has 0 spiro atoms. The number of phosphoric acid groups is 1. The van der Waals surface area contributed by atoms with E-state index in [4.69, 9.17) is 9.05 Å². The zero-order valence-electron chi connectivity index (χ0n) is 32.8. The van der Waals surface area contributed by atoms with Crippen LogP contribution in [-0.4, -0.2) is 68.5 Å². The monoisotopic (exact) mass is 733 g/mol. The summed E-state index contributed by atoms with van der Waals surface area (Å²) in [4.78, 5) is 25.1. The van der Waals surface area contributed by atoms with Crippen molar-refractivity contribution in [1.29, 1.82) is 0 Å². The number of hydrogen-bond acceptors (Lipinski definition) is 6. The van der Waals surface area contributed by atoms with Gasteiger partial charge in [-0.1, -0.05) is 131 Å². The van der Waals surface area contributed by atoms with Gasteiger partial charge >= 0.3 is 0 Å². The van der Waals surface area contributed by atoms with Gasteiger partial charge in [0.05, 0.1) is 39.9 Å². The molecule has 0 radical (unpaired) electrons. The van der Waals surface area contributed by atoms with Gasteiger partial charge in [0.25, 0.3) is 7.82 Å². The average Bonchev–Trinajstić information content (AvgIpc) is 3.07. The van der Waals surface area contributed by atoms with E-state index in [0.29, 0.717) is 17.4 Å². The quantitative estimate of drug-likeness (QED) is 0.0301. The highest BCUT2D eigenvalue weighted by Crippen LogP contribution is 2.38. The molecule has 292 valence electrons. The van der Waals surface area contributed by atoms with Crippen LogP contribution in [0.2, 0.25) is 0 Å². The maximum absolute atomic E-state index is 12.8. The lowest BCUT2D eigenvalue weighted by molar-refractivity contribution is -0.870. The van der Waals surface area contributed by atoms with Crippen LogP contribution in [0.15, 0.2) is 85.1 Å². The zero-order valence-corrected chi connectivity index (χ0v) is 33.7. The lowest BCUT2D eigenvalue weighted by Crippen LogP contribution is -2.45. The molecular weight excluding hydrogens is 659 g/mol. The Kier molecular flexibility index (Phi) is 32.0. The second-order valence-electron chi connectivity index (χ2n) is 13.9. The number of carbonyl (C=O) groups is 1. The Hall–Kier alpha value is -2.32. The second kappa shape index (κ2) is 33.5. The summed E-state index contributed by atoms with van der Waals surface area (Å²) in [6, 6.07) is -0.915. The van der Waals surface area contributed by atoms with Crippen LogP contribution >= 0.6 is 7.82 Å². The van der Waals surface area contributed by atoms with E-state index in [0.717, 1.165) is 96.3 Å². The molecule has 3 atom stereocenters. The number of hydrogen-bond donors (Lipinski definition) is 2. The Labute approximate surface area is 312 Å². The Morgan fingerprint density at radius 2 is 1.22 bits per heavy atom. The predicted octanol–water partition coefficient (Wildman–Crippen LogP) is 9.60. The minimum Gasteiger partial charge on any atom is -0.756 e. The van der Waals surface area contributed by atoms with Crippen molar-refractivity contribution in [3.05, 3.63) is 85.1 Å². The third-order valence-corrected chi connectivity index (χ3v) is 8.80. The third-order valence-electron chi connectivity index (χ3n) is 7.84. The number of amides is 1. The van der Waals surface area contributed by atoms with E-state index >= 15 is 0 Å². The first-order valence-corrected chi connectivity index (χ1v) is 20.9. The molecule has 0 aromatic carbocycles. The summed E-state index contributed by atoms with van der Waals surface area (Å²) in [5.41, 5.74) is 0. The maximum atomic E-state index is 12.8. The van der Waals surface area contributed by atoms with Gasteiger partial charge in [0.15, 0.2) is 0 Å². The summed E-state index contributed by atoms with van der Waals surface area (Å²) in [5.74, 6) is -0.236. The number of aliphatic hydroxyl groups is 1. The van der Waals surface area contributed by atoms with Crippen molar-refractivity contribution in [1.82, 2.24) is 5.32 Å². The van der Waals surface area contributed by atoms with Crippen molar-refractivity contribution >= 4 is 13.7 Å². The van der Waals surface area contributed by atoms with E-state index in [-0.39, 0.29) is 12.5 Å². The molecule has 0 fully saturated rings. The smallest absolute Gasteiger partial charge is 0.268 e. The molecule has 51 heavy (non-hydrogen) atoms. The molecule has 0 aliphatic heterocycles. The molecular formula is C42H73N2O6P. The van der Waals surface area contributed by atoms with Gasteiger partial charge in [-0.3, -0.25) is 9.36 Å². The van der Waals surface area contributed by atoms with E-state index in [1.807, 2.05) is 27.2 Å². The van der Waals surface area contributed by atoms with Crippen molar-refractivity contribution in [3.8, 4) is 0 Å². The van der Waals surface area contributed by atoms with Gasteiger partial charge in [0.2, 0.25) is 5.91 Å². The van der Waals surface area contributed by atoms with Gasteiger partial charge < -0.3 is 28.8 Å². The summed E-state index contributed by atoms with van der Waals surface area (Å²) in [7, 11) is 1.21. The summed E-state index contributed by atoms with van der Waals surface area (Å²) >= 11 is 0. The van der Waals surface area contributed by atoms with Crippen LogP contribution in [0.3, 0.4) is 0 Å². The average molecular weight is 733 g/mol. The molecule has 9 heteroatoms. The second-order valence-corrected chi connectivity index (χ2v) is 15.3. The van der Waals surface area contributed by atoms with Crippen molar-refractivity contribution in [3.63, 3.8) is 0 Å². The van der Waals surface area contributed by atoms with Crippen LogP contribution in [0, 0.1) is 0 Å². The fraction of sp³-hybridized carbons (Fsp3) is 0.643. The van der Waals surface area contributed by atoms with Crippen LogP contribution in [0.5, 0.6) is 0 Å². The Morgan fingerprint density at radius 1 is 0.706 bits per heavy atom. The van der Waals surface area contributed by atoms with Gasteiger partial charge in [-0.15, -0.1) is 0 Å². The SMILES string of the molecule is CC/C=C\C/C=C\C/C=C\C/C=C\C/C=C\CCCCCCCC(=O)NC(COP(=O)([O-])OCC[N+](C)(C)C)C(O)/C=C/CC/C=C/CCCC. The first kappa shape index (κ1) is 48.7. The normalized spacial score (nSPS) is 15.5. The third kappa shape index (κ3) is 35.9. The number of rotatable bonds is 33. The summed E-state index contributed by atoms with van der Waals surface area (Å²) in [6.07, 6.45) is 45.0. The molecule has 2 N–H and O–H groups in total. The number of nitrogens with one attached hydrogen (secondary N) is 1. The highest BCUT2D eigenvalue weighted by Gasteiger charge is 2.23. The van der Waals surface area contributed by atoms with E-state index < -0.39 is 26.6 Å². The van der Waals surface area contributed by atoms with Crippen molar-refractivity contribution < 1.29 is 32.9 Å². The zero-order chi connectivity index (χ0) is 37.9. The van der Waals surface area contributed by atoms with Crippen molar-refractivity contribution in [2.75, 3.05) is 40.9 Å². The number of likely N-dealkylation sites (N-methyl/N-ethyl adjacent to an activating group) is 1. The predicted molar refractivity (Wildman–Crippen MR) is 214 cm³/mol. The van der Waals surface area contributed by atoms with Gasteiger partial charge in [-0.2, -0.15) is 0 Å². The lowest BCUT2D eigenvalue weighted by Gasteiger charge is -2.29. The largest absolute Gasteiger partial charge is 0.756 e. The Bertz CT molecular complexity index is 1100. The lowest BCUT2D eigenvalue weighted by atomic mass is 10.1. The van der Waals surface area contributed by atoms with E-state index in [9.17, 15) is 19.4 Å². The molecule has 3 unspecified atom stereocenters. The molecule has 0 bridgehead atoms. The molecule has 0 aliphatic carbocycles. The van der Waals surface area contributed by atoms with E-state index in [2.05, 4.69) is 92.1 Å². The number of nitrogens with zero attached hydrogens (tertiary/aromatic N) is 1. The molecule has 0 aliphatic rings. The molecule has 8 nitrogen and oxygen atoms in total. The number of unbranched alkanes of at least 4 members (excludes halogenated alkanes) is 8. The summed E-state index contributed by atoms with van der Waals surface area (Å²) < 4.78 is 23.0. The molecule has 0 aromatic heterocycles. The Balaban J connectivity index is 4.44. The first-order chi connectivity index (χ1) is 24.5. The van der Waals surface area contributed by atoms with Gasteiger partial charge in [-0.25, -0.2) is 0 Å². The number of carbonyl (C=O) groups excluding carboxylic acids is 1. The molecule has 0 saturated heterocycles. The van der Waals surface area contributed by atoms with Gasteiger partial charge in [0.1, 0.15) is 13.2 Å². The Morgan fingerprint density at radius 3 is 1.82 bits per heavy atom. The van der Waals surface area contributed by atoms with Gasteiger partial charge in [-0.05, 0) is 70.6 Å². The molecule has 0 heterocycles. The summed E-state index contributed by atoms with van der Waals surface area (Å²) in [6.45, 7) is 4.37. The number of quaternary nitrogens is 1. The highest BCUT2D eigenvalue weighted by molar-refractivity contribution is 7.45. The van der Waals surface area contributed by atoms with Crippen LogP contribution in [0.25, 0.3) is 0 Å². The summed E-state index contributed by atoms with van der Waals surface area (Å²) in [5, 5.41) is 13.6. The van der Waals surface area contributed by atoms with Crippen LogP contribution < -0.4 is 10.2 Å². The fourth-order valence-corrected chi connectivity index (χ4v) is 5.43. The van der Waals surface area contributed by atoms with Crippen LogP contribution in [0.4, 0.5) is 0 Å². The van der Waals surface area contributed by atoms with E-state index in [1.54, 1.807) is 6.08 Å². The van der Waals surface area contributed by atoms with Crippen LogP contribution in [-0.2, 0) is 18.4 Å². The standard InChI is InChI=1S/C42H73N2O6P/c1-6-8-10-12-14-16-17-18-19-20-21-22-23-24-25-26-27-28-30-32-34-36-42(46)43-40(39-50-51(47,48)49-38-37-44(3,4)5)41(45)35-33-31-29-15-13-11-9-7-2/h8,10,13-16,18-19,21-22,24-25,33,35,40-41,45H,6-7,9,11-12,17,20,23,26-32,34,36-39H2,1-5H3,(H-,43,46,47,48)/b10-8-,15-13+,16-14-,19-18-,22-21-,25-24-,35-33+. The maximum Gasteiger partial charge on any atom is 0.268 e. The topological polar surface area (TPSA) is 108 Å². The van der Waals surface area contributed by atoms with Crippen molar-refractivity contribution in [2.24, 2.45) is 0 Å². The minimum atomic E-state index is -4.59. The van der Waals surface area contributed by atoms with Crippen molar-refractivity contribution in [2.45, 2.75) is 135 Å². The number of aliphatic hydroxyl groups excluding tert-OH is 1. The molecule has 0 rings (SSSR count). The van der Waals surface area contributed by atoms with Crippen LogP contribution in [0.1, 0.15) is 123 Å². The van der Waals surface area contributed by atoms with Gasteiger partial charge in [0, 0.05) is 6.42 Å². The highest BCUT2D eigenvalue weighted by atomic mass is 31.2.